The van der Waals surface area contributed by atoms with Gasteiger partial charge in [-0.1, -0.05) is 0 Å². The Bertz CT molecular complexity index is 683. The summed E-state index contributed by atoms with van der Waals surface area (Å²) in [5, 5.41) is 2.86. The van der Waals surface area contributed by atoms with Crippen molar-refractivity contribution in [1.82, 2.24) is 14.9 Å². The highest BCUT2D eigenvalue weighted by Crippen LogP contribution is 2.28. The predicted molar refractivity (Wildman–Crippen MR) is 75.3 cm³/mol. The summed E-state index contributed by atoms with van der Waals surface area (Å²) in [6, 6.07) is 2.82. The molecule has 4 nitrogen and oxygen atoms in total. The molecule has 1 atom stereocenters. The molecule has 2 aromatic rings. The fourth-order valence-electron chi connectivity index (χ4n) is 2.71. The van der Waals surface area contributed by atoms with Crippen LogP contribution >= 0.6 is 11.6 Å². The van der Waals surface area contributed by atoms with E-state index in [1.165, 1.54) is 6.07 Å². The van der Waals surface area contributed by atoms with Crippen LogP contribution in [-0.4, -0.2) is 22.0 Å². The van der Waals surface area contributed by atoms with E-state index in [1.807, 2.05) is 4.57 Å². The molecule has 2 heterocycles. The van der Waals surface area contributed by atoms with Gasteiger partial charge < -0.3 is 9.88 Å². The van der Waals surface area contributed by atoms with Gasteiger partial charge in [0.25, 0.3) is 0 Å². The van der Waals surface area contributed by atoms with Gasteiger partial charge in [-0.2, -0.15) is 0 Å². The number of aryl methyl sites for hydroxylation is 1. The Morgan fingerprint density at radius 1 is 1.55 bits per heavy atom. The molecule has 0 bridgehead atoms. The zero-order valence-corrected chi connectivity index (χ0v) is 11.9. The summed E-state index contributed by atoms with van der Waals surface area (Å²) in [6.07, 6.45) is 1.66. The van der Waals surface area contributed by atoms with Crippen LogP contribution in [0.3, 0.4) is 0 Å². The number of nitrogens with one attached hydrogen (secondary N) is 1. The third-order valence-electron chi connectivity index (χ3n) is 3.73. The molecule has 0 radical (unpaired) electrons. The summed E-state index contributed by atoms with van der Waals surface area (Å²) in [4.78, 5) is 16.4. The first kappa shape index (κ1) is 13.4. The minimum Gasteiger partial charge on any atom is -0.354 e. The number of hydrogen-bond acceptors (Lipinski definition) is 2. The quantitative estimate of drug-likeness (QED) is 0.866. The van der Waals surface area contributed by atoms with Crippen molar-refractivity contribution in [2.24, 2.45) is 0 Å². The van der Waals surface area contributed by atoms with Crippen LogP contribution in [0.2, 0.25) is 0 Å². The van der Waals surface area contributed by atoms with Crippen molar-refractivity contribution in [2.75, 3.05) is 6.54 Å². The third-order valence-corrected chi connectivity index (χ3v) is 3.97. The number of aromatic nitrogens is 2. The minimum atomic E-state index is -0.313. The van der Waals surface area contributed by atoms with Crippen molar-refractivity contribution in [2.45, 2.75) is 31.7 Å². The Morgan fingerprint density at radius 3 is 3.05 bits per heavy atom. The molecule has 1 aliphatic heterocycles. The number of carbonyl (C=O) groups excluding carboxylic acids is 1. The van der Waals surface area contributed by atoms with Crippen molar-refractivity contribution in [3.8, 4) is 0 Å². The van der Waals surface area contributed by atoms with Crippen LogP contribution in [0, 0.1) is 12.7 Å². The molecule has 1 aromatic heterocycles. The molecule has 20 heavy (non-hydrogen) atoms. The van der Waals surface area contributed by atoms with Gasteiger partial charge in [0, 0.05) is 12.6 Å². The maximum atomic E-state index is 13.7. The zero-order valence-electron chi connectivity index (χ0n) is 11.1. The van der Waals surface area contributed by atoms with Gasteiger partial charge in [-0.15, -0.1) is 11.6 Å². The first-order chi connectivity index (χ1) is 9.61. The molecule has 0 aliphatic carbocycles. The highest BCUT2D eigenvalue weighted by Gasteiger charge is 2.27. The van der Waals surface area contributed by atoms with Crippen LogP contribution < -0.4 is 5.32 Å². The maximum Gasteiger partial charge on any atom is 0.243 e. The number of imidazole rings is 1. The molecule has 1 aromatic carbocycles. The predicted octanol–water partition coefficient (Wildman–Crippen LogP) is 2.67. The fraction of sp³-hybridized carbons (Fsp3) is 0.429. The second-order valence-electron chi connectivity index (χ2n) is 5.07. The molecule has 3 rings (SSSR count). The average molecular weight is 296 g/mol. The van der Waals surface area contributed by atoms with E-state index in [2.05, 4.69) is 10.3 Å². The number of halogens is 2. The Hall–Kier alpha value is -1.62. The van der Waals surface area contributed by atoms with E-state index in [4.69, 9.17) is 11.6 Å². The molecule has 1 N–H and O–H groups in total. The summed E-state index contributed by atoms with van der Waals surface area (Å²) >= 11 is 5.94. The minimum absolute atomic E-state index is 0.0242. The second kappa shape index (κ2) is 5.05. The first-order valence-electron chi connectivity index (χ1n) is 6.62. The Balaban J connectivity index is 2.21. The number of carbonyl (C=O) groups is 1. The fourth-order valence-corrected chi connectivity index (χ4v) is 2.90. The van der Waals surface area contributed by atoms with Gasteiger partial charge in [0.1, 0.15) is 17.7 Å². The van der Waals surface area contributed by atoms with E-state index in [9.17, 15) is 9.18 Å². The van der Waals surface area contributed by atoms with Crippen molar-refractivity contribution < 1.29 is 9.18 Å². The lowest BCUT2D eigenvalue weighted by atomic mass is 10.1. The van der Waals surface area contributed by atoms with Gasteiger partial charge in [-0.3, -0.25) is 4.79 Å². The van der Waals surface area contributed by atoms with Gasteiger partial charge >= 0.3 is 0 Å². The normalized spacial score (nSPS) is 19.4. The van der Waals surface area contributed by atoms with Crippen LogP contribution in [0.5, 0.6) is 0 Å². The van der Waals surface area contributed by atoms with Crippen molar-refractivity contribution in [3.05, 3.63) is 29.3 Å². The standard InChI is InChI=1S/C14H15ClFN3O/c1-8-5-12-10(6-9(8)16)18-13(7-15)19(12)11-3-2-4-17-14(11)20/h5-6,11H,2-4,7H2,1H3,(H,17,20). The summed E-state index contributed by atoms with van der Waals surface area (Å²) in [5.74, 6) is 0.480. The van der Waals surface area contributed by atoms with Crippen LogP contribution in [0.4, 0.5) is 4.39 Å². The Kier molecular flexibility index (Phi) is 3.38. The summed E-state index contributed by atoms with van der Waals surface area (Å²) in [6.45, 7) is 2.40. The van der Waals surface area contributed by atoms with E-state index < -0.39 is 0 Å². The first-order valence-corrected chi connectivity index (χ1v) is 7.16. The summed E-state index contributed by atoms with van der Waals surface area (Å²) in [7, 11) is 0. The van der Waals surface area contributed by atoms with E-state index in [-0.39, 0.29) is 23.6 Å². The summed E-state index contributed by atoms with van der Waals surface area (Å²) in [5.41, 5.74) is 1.85. The Morgan fingerprint density at radius 2 is 2.35 bits per heavy atom. The Labute approximate surface area is 120 Å². The number of fused-ring (bicyclic) bond motifs is 1. The molecule has 1 amide bonds. The topological polar surface area (TPSA) is 46.9 Å². The molecule has 1 fully saturated rings. The zero-order chi connectivity index (χ0) is 14.3. The number of piperidine rings is 1. The number of nitrogens with zero attached hydrogens (tertiary/aromatic N) is 2. The molecule has 1 unspecified atom stereocenters. The van der Waals surface area contributed by atoms with Crippen LogP contribution in [-0.2, 0) is 10.7 Å². The molecule has 1 aliphatic rings. The van der Waals surface area contributed by atoms with Crippen molar-refractivity contribution in [3.63, 3.8) is 0 Å². The van der Waals surface area contributed by atoms with E-state index in [0.717, 1.165) is 18.4 Å². The van der Waals surface area contributed by atoms with Crippen LogP contribution in [0.1, 0.15) is 30.3 Å². The lowest BCUT2D eigenvalue weighted by Crippen LogP contribution is -2.38. The average Bonchev–Trinajstić information content (AvgIpc) is 2.77. The largest absolute Gasteiger partial charge is 0.354 e. The van der Waals surface area contributed by atoms with Gasteiger partial charge in [0.2, 0.25) is 5.91 Å². The number of hydrogen-bond donors (Lipinski definition) is 1. The molecule has 0 saturated carbocycles. The van der Waals surface area contributed by atoms with Gasteiger partial charge in [0.05, 0.1) is 16.9 Å². The van der Waals surface area contributed by atoms with Crippen LogP contribution in [0.25, 0.3) is 11.0 Å². The number of benzene rings is 1. The number of amides is 1. The molecule has 6 heteroatoms. The smallest absolute Gasteiger partial charge is 0.243 e. The molecule has 0 spiro atoms. The lowest BCUT2D eigenvalue weighted by Gasteiger charge is -2.25. The summed E-state index contributed by atoms with van der Waals surface area (Å²) < 4.78 is 15.5. The monoisotopic (exact) mass is 295 g/mol. The van der Waals surface area contributed by atoms with Gasteiger partial charge in [-0.05, 0) is 31.4 Å². The molecular weight excluding hydrogens is 281 g/mol. The molecular formula is C14H15ClFN3O. The van der Waals surface area contributed by atoms with E-state index in [1.54, 1.807) is 13.0 Å². The number of alkyl halides is 1. The van der Waals surface area contributed by atoms with Gasteiger partial charge in [-0.25, -0.2) is 9.37 Å². The second-order valence-corrected chi connectivity index (χ2v) is 5.34. The van der Waals surface area contributed by atoms with Gasteiger partial charge in [0.15, 0.2) is 0 Å². The van der Waals surface area contributed by atoms with Crippen molar-refractivity contribution in [1.29, 1.82) is 0 Å². The SMILES string of the molecule is Cc1cc2c(cc1F)nc(CCl)n2C1CCCNC1=O. The van der Waals surface area contributed by atoms with Crippen LogP contribution in [0.15, 0.2) is 12.1 Å². The highest BCUT2D eigenvalue weighted by molar-refractivity contribution is 6.17. The van der Waals surface area contributed by atoms with Crippen molar-refractivity contribution >= 4 is 28.5 Å². The number of rotatable bonds is 2. The molecule has 106 valence electrons. The highest BCUT2D eigenvalue weighted by atomic mass is 35.5. The van der Waals surface area contributed by atoms with E-state index >= 15 is 0 Å². The third kappa shape index (κ3) is 2.06. The maximum absolute atomic E-state index is 13.7. The van der Waals surface area contributed by atoms with E-state index in [0.29, 0.717) is 23.4 Å². The molecule has 1 saturated heterocycles. The lowest BCUT2D eigenvalue weighted by molar-refractivity contribution is -0.125.